The number of aromatic hydroxyl groups is 1. The number of aromatic nitrogens is 3. The minimum absolute atomic E-state index is 0.0281. The Morgan fingerprint density at radius 1 is 1.38 bits per heavy atom. The molecule has 0 saturated carbocycles. The molecule has 0 aliphatic rings. The Morgan fingerprint density at radius 3 is 3.04 bits per heavy atom. The molecule has 124 valence electrons. The van der Waals surface area contributed by atoms with Crippen molar-refractivity contribution in [3.63, 3.8) is 0 Å². The number of phenolic OH excluding ortho intramolecular Hbond substituents is 1. The Hall–Kier alpha value is -3.29. The first-order valence-corrected chi connectivity index (χ1v) is 7.39. The Bertz CT molecular complexity index is 798. The van der Waals surface area contributed by atoms with Gasteiger partial charge in [-0.1, -0.05) is 12.1 Å². The van der Waals surface area contributed by atoms with E-state index in [0.29, 0.717) is 17.9 Å². The lowest BCUT2D eigenvalue weighted by Crippen LogP contribution is -2.28. The minimum Gasteiger partial charge on any atom is -0.507 e. The molecule has 0 aliphatic heterocycles. The number of hydrogen-bond acceptors (Lipinski definition) is 6. The summed E-state index contributed by atoms with van der Waals surface area (Å²) in [6, 6.07) is 8.11. The summed E-state index contributed by atoms with van der Waals surface area (Å²) in [6.45, 7) is 1.21. The van der Waals surface area contributed by atoms with Crippen LogP contribution in [0.5, 0.6) is 11.6 Å². The van der Waals surface area contributed by atoms with Crippen LogP contribution in [0, 0.1) is 0 Å². The number of amides is 1. The number of carbonyl (C=O) groups is 1. The molecule has 8 heteroatoms. The molecular formula is C16H16N4O4. The highest BCUT2D eigenvalue weighted by Gasteiger charge is 2.13. The summed E-state index contributed by atoms with van der Waals surface area (Å²) in [5.41, 5.74) is 0.473. The monoisotopic (exact) mass is 328 g/mol. The van der Waals surface area contributed by atoms with Gasteiger partial charge in [0.1, 0.15) is 5.75 Å². The van der Waals surface area contributed by atoms with Crippen LogP contribution in [0.2, 0.25) is 0 Å². The van der Waals surface area contributed by atoms with E-state index in [-0.39, 0.29) is 11.6 Å². The molecule has 1 aromatic carbocycles. The van der Waals surface area contributed by atoms with Gasteiger partial charge in [0.25, 0.3) is 5.88 Å². The summed E-state index contributed by atoms with van der Waals surface area (Å²) in [5.74, 6) is 0.403. The molecule has 2 N–H and O–H groups in total. The van der Waals surface area contributed by atoms with Crippen molar-refractivity contribution in [2.45, 2.75) is 13.0 Å². The number of rotatable bonds is 6. The molecule has 2 heterocycles. The van der Waals surface area contributed by atoms with E-state index >= 15 is 0 Å². The molecule has 1 amide bonds. The molecule has 3 rings (SSSR count). The fourth-order valence-corrected chi connectivity index (χ4v) is 2.12. The Labute approximate surface area is 137 Å². The number of imidazole rings is 1. The zero-order chi connectivity index (χ0) is 16.8. The van der Waals surface area contributed by atoms with Gasteiger partial charge in [0, 0.05) is 25.5 Å². The average Bonchev–Trinajstić information content (AvgIpc) is 3.24. The highest BCUT2D eigenvalue weighted by molar-refractivity contribution is 5.71. The number of nitrogens with zero attached hydrogens (tertiary/aromatic N) is 3. The lowest BCUT2D eigenvalue weighted by molar-refractivity contribution is 0.195. The van der Waals surface area contributed by atoms with Gasteiger partial charge in [-0.2, -0.15) is 0 Å². The van der Waals surface area contributed by atoms with E-state index in [0.717, 1.165) is 13.0 Å². The van der Waals surface area contributed by atoms with Crippen LogP contribution in [0.1, 0.15) is 6.42 Å². The van der Waals surface area contributed by atoms with Crippen LogP contribution in [-0.2, 0) is 6.54 Å². The van der Waals surface area contributed by atoms with Gasteiger partial charge in [0.2, 0.25) is 0 Å². The largest absolute Gasteiger partial charge is 0.507 e. The van der Waals surface area contributed by atoms with Gasteiger partial charge in [-0.05, 0) is 23.7 Å². The third-order valence-electron chi connectivity index (χ3n) is 3.28. The number of phenols is 1. The fourth-order valence-electron chi connectivity index (χ4n) is 2.12. The maximum absolute atomic E-state index is 11.7. The first-order valence-electron chi connectivity index (χ1n) is 7.39. The topological polar surface area (TPSA) is 102 Å². The normalized spacial score (nSPS) is 10.5. The van der Waals surface area contributed by atoms with Gasteiger partial charge in [0.05, 0.1) is 18.0 Å². The molecule has 0 unspecified atom stereocenters. The second-order valence-electron chi connectivity index (χ2n) is 5.02. The molecule has 0 saturated heterocycles. The van der Waals surface area contributed by atoms with Crippen molar-refractivity contribution in [2.75, 3.05) is 6.54 Å². The molecule has 0 fully saturated rings. The van der Waals surface area contributed by atoms with Crippen LogP contribution >= 0.6 is 0 Å². The van der Waals surface area contributed by atoms with Gasteiger partial charge in [-0.15, -0.1) is 0 Å². The molecular weight excluding hydrogens is 312 g/mol. The maximum Gasteiger partial charge on any atom is 0.414 e. The number of ether oxygens (including phenoxy) is 1. The minimum atomic E-state index is -0.613. The summed E-state index contributed by atoms with van der Waals surface area (Å²) in [6.07, 6.45) is 5.40. The van der Waals surface area contributed by atoms with Gasteiger partial charge in [-0.25, -0.2) is 9.78 Å². The molecule has 0 aliphatic carbocycles. The van der Waals surface area contributed by atoms with Crippen LogP contribution in [0.25, 0.3) is 11.3 Å². The lowest BCUT2D eigenvalue weighted by atomic mass is 10.1. The quantitative estimate of drug-likeness (QED) is 0.674. The van der Waals surface area contributed by atoms with Crippen molar-refractivity contribution < 1.29 is 19.2 Å². The number of para-hydroxylation sites is 1. The van der Waals surface area contributed by atoms with Crippen molar-refractivity contribution in [3.05, 3.63) is 49.1 Å². The maximum atomic E-state index is 11.7. The molecule has 0 bridgehead atoms. The Kier molecular flexibility index (Phi) is 4.76. The predicted octanol–water partition coefficient (Wildman–Crippen LogP) is 2.42. The fraction of sp³-hybridized carbons (Fsp3) is 0.188. The van der Waals surface area contributed by atoms with E-state index in [9.17, 15) is 9.90 Å². The molecule has 3 aromatic rings. The second kappa shape index (κ2) is 7.32. The van der Waals surface area contributed by atoms with Gasteiger partial charge >= 0.3 is 6.09 Å². The van der Waals surface area contributed by atoms with Crippen molar-refractivity contribution in [3.8, 4) is 23.0 Å². The Balaban J connectivity index is 1.47. The van der Waals surface area contributed by atoms with E-state index in [1.54, 1.807) is 30.7 Å². The number of carbonyl (C=O) groups excluding carboxylic acids is 1. The molecule has 0 spiro atoms. The van der Waals surface area contributed by atoms with Crippen LogP contribution in [-0.4, -0.2) is 32.5 Å². The van der Waals surface area contributed by atoms with Crippen LogP contribution in [0.3, 0.4) is 0 Å². The standard InChI is InChI=1S/C16H16N4O4/c21-13-5-2-1-4-12(13)14-10-15(19-24-14)23-16(22)18-6-3-8-20-9-7-17-11-20/h1-2,4-5,7,9-11,21H,3,6,8H2,(H,18,22). The van der Waals surface area contributed by atoms with Crippen molar-refractivity contribution >= 4 is 6.09 Å². The van der Waals surface area contributed by atoms with Gasteiger partial charge in [-0.3, -0.25) is 0 Å². The zero-order valence-corrected chi connectivity index (χ0v) is 12.8. The molecule has 0 atom stereocenters. The molecule has 0 radical (unpaired) electrons. The SMILES string of the molecule is O=C(NCCCn1ccnc1)Oc1cc(-c2ccccc2O)on1. The second-order valence-corrected chi connectivity index (χ2v) is 5.02. The van der Waals surface area contributed by atoms with Crippen LogP contribution in [0.4, 0.5) is 4.79 Å². The highest BCUT2D eigenvalue weighted by atomic mass is 16.6. The van der Waals surface area contributed by atoms with Crippen molar-refractivity contribution in [2.24, 2.45) is 0 Å². The smallest absolute Gasteiger partial charge is 0.414 e. The zero-order valence-electron chi connectivity index (χ0n) is 12.8. The summed E-state index contributed by atoms with van der Waals surface area (Å²) in [4.78, 5) is 15.6. The Morgan fingerprint density at radius 2 is 2.25 bits per heavy atom. The first-order chi connectivity index (χ1) is 11.7. The lowest BCUT2D eigenvalue weighted by Gasteiger charge is -2.04. The summed E-state index contributed by atoms with van der Waals surface area (Å²) >= 11 is 0. The van der Waals surface area contributed by atoms with Crippen LogP contribution < -0.4 is 10.1 Å². The van der Waals surface area contributed by atoms with Crippen molar-refractivity contribution in [1.82, 2.24) is 20.0 Å². The average molecular weight is 328 g/mol. The van der Waals surface area contributed by atoms with Gasteiger partial charge in [0.15, 0.2) is 5.76 Å². The van der Waals surface area contributed by atoms with Crippen molar-refractivity contribution in [1.29, 1.82) is 0 Å². The summed E-state index contributed by atoms with van der Waals surface area (Å²) in [5, 5.41) is 16.1. The molecule has 2 aromatic heterocycles. The third-order valence-corrected chi connectivity index (χ3v) is 3.28. The number of nitrogens with one attached hydrogen (secondary N) is 1. The van der Waals surface area contributed by atoms with E-state index in [1.165, 1.54) is 12.1 Å². The molecule has 24 heavy (non-hydrogen) atoms. The summed E-state index contributed by atoms with van der Waals surface area (Å²) < 4.78 is 12.0. The van der Waals surface area contributed by atoms with E-state index in [4.69, 9.17) is 9.26 Å². The van der Waals surface area contributed by atoms with E-state index in [1.807, 2.05) is 10.8 Å². The van der Waals surface area contributed by atoms with Gasteiger partial charge < -0.3 is 24.3 Å². The van der Waals surface area contributed by atoms with E-state index in [2.05, 4.69) is 15.5 Å². The first kappa shape index (κ1) is 15.6. The predicted molar refractivity (Wildman–Crippen MR) is 84.5 cm³/mol. The van der Waals surface area contributed by atoms with Crippen LogP contribution in [0.15, 0.2) is 53.6 Å². The number of hydrogen-bond donors (Lipinski definition) is 2. The number of aryl methyl sites for hydroxylation is 1. The number of benzene rings is 1. The third kappa shape index (κ3) is 3.92. The highest BCUT2D eigenvalue weighted by Crippen LogP contribution is 2.30. The summed E-state index contributed by atoms with van der Waals surface area (Å²) in [7, 11) is 0. The van der Waals surface area contributed by atoms with E-state index < -0.39 is 6.09 Å². The molecule has 8 nitrogen and oxygen atoms in total.